The number of aromatic nitrogens is 1. The number of hydrogen-bond donors (Lipinski definition) is 0. The number of benzene rings is 1. The minimum Gasteiger partial charge on any atom is -0.466 e. The van der Waals surface area contributed by atoms with Gasteiger partial charge in [0, 0.05) is 29.8 Å². The Kier molecular flexibility index (Phi) is 3.84. The molecule has 2 rings (SSSR count). The van der Waals surface area contributed by atoms with Crippen LogP contribution >= 0.6 is 0 Å². The lowest BCUT2D eigenvalue weighted by Crippen LogP contribution is -2.04. The summed E-state index contributed by atoms with van der Waals surface area (Å²) in [6.45, 7) is 2.02. The molecule has 0 atom stereocenters. The van der Waals surface area contributed by atoms with Crippen LogP contribution in [-0.2, 0) is 16.1 Å². The third-order valence-corrected chi connectivity index (χ3v) is 3.07. The average Bonchev–Trinajstić information content (AvgIpc) is 2.86. The topological polar surface area (TPSA) is 74.4 Å². The van der Waals surface area contributed by atoms with Crippen LogP contribution in [0.5, 0.6) is 0 Å². The zero-order chi connectivity index (χ0) is 14.7. The third kappa shape index (κ3) is 2.54. The van der Waals surface area contributed by atoms with Gasteiger partial charge in [0.05, 0.1) is 12.0 Å². The Morgan fingerprint density at radius 3 is 2.85 bits per heavy atom. The van der Waals surface area contributed by atoms with Crippen molar-refractivity contribution in [2.75, 3.05) is 7.11 Å². The van der Waals surface area contributed by atoms with Crippen molar-refractivity contribution in [3.63, 3.8) is 0 Å². The summed E-state index contributed by atoms with van der Waals surface area (Å²) in [6.07, 6.45) is 3.45. The lowest BCUT2D eigenvalue weighted by atomic mass is 10.2. The molecule has 0 N–H and O–H groups in total. The molecule has 0 spiro atoms. The second kappa shape index (κ2) is 5.56. The monoisotopic (exact) mass is 274 g/mol. The number of methoxy groups -OCH3 is 1. The Morgan fingerprint density at radius 1 is 1.45 bits per heavy atom. The zero-order valence-electron chi connectivity index (χ0n) is 11.2. The molecule has 1 aromatic heterocycles. The fraction of sp³-hybridized carbons (Fsp3) is 0.214. The maximum Gasteiger partial charge on any atom is 0.333 e. The van der Waals surface area contributed by atoms with Gasteiger partial charge in [-0.25, -0.2) is 4.79 Å². The van der Waals surface area contributed by atoms with E-state index in [2.05, 4.69) is 4.74 Å². The second-order valence-corrected chi connectivity index (χ2v) is 4.32. The fourth-order valence-corrected chi connectivity index (χ4v) is 2.02. The predicted octanol–water partition coefficient (Wildman–Crippen LogP) is 2.67. The van der Waals surface area contributed by atoms with Gasteiger partial charge in [-0.05, 0) is 13.0 Å². The minimum atomic E-state index is -0.407. The standard InChI is InChI=1S/C14H14N2O4/c1-10(14(17)20-2)6-8-15-9-7-11-4-3-5-12(13(11)15)16(18)19/h3-7,9H,8H2,1-2H3/b10-6+. The van der Waals surface area contributed by atoms with E-state index in [1.807, 2.05) is 12.1 Å². The molecule has 6 nitrogen and oxygen atoms in total. The molecule has 0 aliphatic rings. The van der Waals surface area contributed by atoms with E-state index in [4.69, 9.17) is 0 Å². The normalized spacial score (nSPS) is 11.6. The Bertz CT molecular complexity index is 700. The number of nitro groups is 1. The first kappa shape index (κ1) is 13.8. The number of para-hydroxylation sites is 1. The summed E-state index contributed by atoms with van der Waals surface area (Å²) < 4.78 is 6.34. The minimum absolute atomic E-state index is 0.0524. The molecule has 0 aliphatic carbocycles. The fourth-order valence-electron chi connectivity index (χ4n) is 2.02. The Balaban J connectivity index is 2.41. The summed E-state index contributed by atoms with van der Waals surface area (Å²) in [5.41, 5.74) is 1.07. The molecule has 0 radical (unpaired) electrons. The third-order valence-electron chi connectivity index (χ3n) is 3.07. The lowest BCUT2D eigenvalue weighted by Gasteiger charge is -2.04. The maximum absolute atomic E-state index is 11.3. The number of non-ortho nitro benzene ring substituents is 1. The molecule has 20 heavy (non-hydrogen) atoms. The van der Waals surface area contributed by atoms with Crippen LogP contribution in [0.1, 0.15) is 6.92 Å². The van der Waals surface area contributed by atoms with E-state index in [9.17, 15) is 14.9 Å². The van der Waals surface area contributed by atoms with E-state index in [-0.39, 0.29) is 5.69 Å². The van der Waals surface area contributed by atoms with E-state index in [1.54, 1.807) is 29.8 Å². The van der Waals surface area contributed by atoms with Crippen molar-refractivity contribution in [3.05, 3.63) is 52.2 Å². The first-order valence-electron chi connectivity index (χ1n) is 6.02. The molecular weight excluding hydrogens is 260 g/mol. The Hall–Kier alpha value is -2.63. The molecule has 0 unspecified atom stereocenters. The van der Waals surface area contributed by atoms with Crippen molar-refractivity contribution in [1.82, 2.24) is 4.57 Å². The van der Waals surface area contributed by atoms with Crippen LogP contribution in [0.2, 0.25) is 0 Å². The number of nitro benzene ring substituents is 1. The van der Waals surface area contributed by atoms with Gasteiger partial charge in [-0.3, -0.25) is 10.1 Å². The first-order chi connectivity index (χ1) is 9.54. The number of fused-ring (bicyclic) bond motifs is 1. The summed E-state index contributed by atoms with van der Waals surface area (Å²) >= 11 is 0. The van der Waals surface area contributed by atoms with Crippen molar-refractivity contribution in [1.29, 1.82) is 0 Å². The van der Waals surface area contributed by atoms with Crippen LogP contribution in [0, 0.1) is 10.1 Å². The second-order valence-electron chi connectivity index (χ2n) is 4.32. The molecular formula is C14H14N2O4. The van der Waals surface area contributed by atoms with Crippen molar-refractivity contribution in [3.8, 4) is 0 Å². The van der Waals surface area contributed by atoms with Gasteiger partial charge in [-0.1, -0.05) is 18.2 Å². The SMILES string of the molecule is COC(=O)/C(C)=C/Cn1ccc2cccc([N+](=O)[O-])c21. The quantitative estimate of drug-likeness (QED) is 0.372. The summed E-state index contributed by atoms with van der Waals surface area (Å²) in [5, 5.41) is 11.9. The molecule has 0 bridgehead atoms. The van der Waals surface area contributed by atoms with E-state index in [0.717, 1.165) is 5.39 Å². The number of carbonyl (C=O) groups is 1. The van der Waals surface area contributed by atoms with Crippen LogP contribution in [-0.4, -0.2) is 22.6 Å². The molecule has 0 aliphatic heterocycles. The van der Waals surface area contributed by atoms with E-state index >= 15 is 0 Å². The Labute approximate surface area is 115 Å². The van der Waals surface area contributed by atoms with E-state index in [1.165, 1.54) is 13.2 Å². The number of ether oxygens (including phenoxy) is 1. The van der Waals surface area contributed by atoms with Gasteiger partial charge in [-0.2, -0.15) is 0 Å². The number of hydrogen-bond acceptors (Lipinski definition) is 4. The van der Waals surface area contributed by atoms with Crippen LogP contribution < -0.4 is 0 Å². The van der Waals surface area contributed by atoms with Gasteiger partial charge in [0.15, 0.2) is 0 Å². The maximum atomic E-state index is 11.3. The van der Waals surface area contributed by atoms with Gasteiger partial charge in [0.2, 0.25) is 0 Å². The highest BCUT2D eigenvalue weighted by atomic mass is 16.6. The summed E-state index contributed by atoms with van der Waals surface area (Å²) in [7, 11) is 1.32. The van der Waals surface area contributed by atoms with Gasteiger partial charge < -0.3 is 9.30 Å². The molecule has 104 valence electrons. The summed E-state index contributed by atoms with van der Waals surface area (Å²) in [4.78, 5) is 22.0. The van der Waals surface area contributed by atoms with Crippen LogP contribution in [0.25, 0.3) is 10.9 Å². The molecule has 0 fully saturated rings. The predicted molar refractivity (Wildman–Crippen MR) is 74.4 cm³/mol. The van der Waals surface area contributed by atoms with Crippen molar-refractivity contribution < 1.29 is 14.5 Å². The number of rotatable bonds is 4. The molecule has 0 saturated carbocycles. The molecule has 2 aromatic rings. The molecule has 1 aromatic carbocycles. The van der Waals surface area contributed by atoms with Crippen molar-refractivity contribution >= 4 is 22.6 Å². The van der Waals surface area contributed by atoms with E-state index in [0.29, 0.717) is 17.6 Å². The number of carbonyl (C=O) groups excluding carboxylic acids is 1. The van der Waals surface area contributed by atoms with E-state index < -0.39 is 10.9 Å². The molecule has 0 saturated heterocycles. The van der Waals surface area contributed by atoms with Gasteiger partial charge >= 0.3 is 5.97 Å². The first-order valence-corrected chi connectivity index (χ1v) is 6.02. The average molecular weight is 274 g/mol. The van der Waals surface area contributed by atoms with Crippen molar-refractivity contribution in [2.45, 2.75) is 13.5 Å². The molecule has 1 heterocycles. The Morgan fingerprint density at radius 2 is 2.20 bits per heavy atom. The van der Waals surface area contributed by atoms with Crippen molar-refractivity contribution in [2.24, 2.45) is 0 Å². The number of nitrogens with zero attached hydrogens (tertiary/aromatic N) is 2. The summed E-state index contributed by atoms with van der Waals surface area (Å²) in [5.74, 6) is -0.407. The highest BCUT2D eigenvalue weighted by Gasteiger charge is 2.14. The van der Waals surface area contributed by atoms with Gasteiger partial charge in [-0.15, -0.1) is 0 Å². The largest absolute Gasteiger partial charge is 0.466 e. The summed E-state index contributed by atoms with van der Waals surface area (Å²) in [6, 6.07) is 6.75. The molecule has 0 amide bonds. The number of esters is 1. The lowest BCUT2D eigenvalue weighted by molar-refractivity contribution is -0.383. The highest BCUT2D eigenvalue weighted by Crippen LogP contribution is 2.26. The zero-order valence-corrected chi connectivity index (χ0v) is 11.2. The molecule has 6 heteroatoms. The smallest absolute Gasteiger partial charge is 0.333 e. The van der Waals surface area contributed by atoms with Crippen LogP contribution in [0.4, 0.5) is 5.69 Å². The number of allylic oxidation sites excluding steroid dienone is 1. The van der Waals surface area contributed by atoms with Crippen LogP contribution in [0.15, 0.2) is 42.1 Å². The van der Waals surface area contributed by atoms with Gasteiger partial charge in [0.25, 0.3) is 5.69 Å². The van der Waals surface area contributed by atoms with Gasteiger partial charge in [0.1, 0.15) is 5.52 Å². The van der Waals surface area contributed by atoms with Crippen LogP contribution in [0.3, 0.4) is 0 Å². The highest BCUT2D eigenvalue weighted by molar-refractivity contribution is 5.89.